The molecule has 2 aromatic carbocycles. The fourth-order valence-electron chi connectivity index (χ4n) is 3.71. The molecule has 7 nitrogen and oxygen atoms in total. The van der Waals surface area contributed by atoms with Crippen LogP contribution in [0.5, 0.6) is 0 Å². The first-order valence-electron chi connectivity index (χ1n) is 9.92. The first-order valence-corrected chi connectivity index (χ1v) is 9.92. The van der Waals surface area contributed by atoms with E-state index in [4.69, 9.17) is 9.26 Å². The van der Waals surface area contributed by atoms with Gasteiger partial charge in [0.2, 0.25) is 5.82 Å². The Labute approximate surface area is 173 Å². The molecule has 0 fully saturated rings. The van der Waals surface area contributed by atoms with Crippen LogP contribution in [0.25, 0.3) is 17.1 Å². The van der Waals surface area contributed by atoms with Gasteiger partial charge in [0.05, 0.1) is 5.69 Å². The number of carbonyl (C=O) groups is 1. The van der Waals surface area contributed by atoms with E-state index >= 15 is 0 Å². The lowest BCUT2D eigenvalue weighted by Crippen LogP contribution is -2.10. The maximum Gasteiger partial charge on any atom is 0.359 e. The molecule has 5 rings (SSSR count). The Kier molecular flexibility index (Phi) is 4.63. The SMILES string of the molecule is Cc1ccc(-c2nc(COC(=O)c3nn(-c4ccccc4)c4c3CCC4)no2)cc1. The number of ether oxygens (including phenoxy) is 1. The highest BCUT2D eigenvalue weighted by Crippen LogP contribution is 2.28. The van der Waals surface area contributed by atoms with E-state index in [0.29, 0.717) is 17.4 Å². The lowest BCUT2D eigenvalue weighted by atomic mass is 10.1. The molecule has 0 spiro atoms. The summed E-state index contributed by atoms with van der Waals surface area (Å²) < 4.78 is 12.6. The lowest BCUT2D eigenvalue weighted by molar-refractivity contribution is 0.0451. The van der Waals surface area contributed by atoms with Crippen molar-refractivity contribution in [2.24, 2.45) is 0 Å². The molecule has 4 aromatic rings. The summed E-state index contributed by atoms with van der Waals surface area (Å²) >= 11 is 0. The van der Waals surface area contributed by atoms with Crippen LogP contribution in [-0.4, -0.2) is 25.9 Å². The van der Waals surface area contributed by atoms with E-state index in [2.05, 4.69) is 15.2 Å². The lowest BCUT2D eigenvalue weighted by Gasteiger charge is -2.04. The Bertz CT molecular complexity index is 1190. The van der Waals surface area contributed by atoms with Crippen molar-refractivity contribution in [3.63, 3.8) is 0 Å². The predicted octanol–water partition coefficient (Wildman–Crippen LogP) is 4.08. The Morgan fingerprint density at radius 1 is 1.10 bits per heavy atom. The zero-order valence-electron chi connectivity index (χ0n) is 16.5. The molecule has 2 heterocycles. The summed E-state index contributed by atoms with van der Waals surface area (Å²) in [5.74, 6) is 0.248. The third-order valence-electron chi connectivity index (χ3n) is 5.22. The van der Waals surface area contributed by atoms with Crippen LogP contribution in [0.4, 0.5) is 0 Å². The molecule has 0 bridgehead atoms. The Morgan fingerprint density at radius 2 is 1.90 bits per heavy atom. The van der Waals surface area contributed by atoms with E-state index in [-0.39, 0.29) is 6.61 Å². The van der Waals surface area contributed by atoms with Crippen LogP contribution in [0.3, 0.4) is 0 Å². The smallest absolute Gasteiger partial charge is 0.359 e. The highest BCUT2D eigenvalue weighted by Gasteiger charge is 2.28. The number of fused-ring (bicyclic) bond motifs is 1. The molecule has 0 N–H and O–H groups in total. The number of esters is 1. The van der Waals surface area contributed by atoms with E-state index in [1.807, 2.05) is 66.2 Å². The van der Waals surface area contributed by atoms with Crippen molar-refractivity contribution in [1.29, 1.82) is 0 Å². The largest absolute Gasteiger partial charge is 0.453 e. The van der Waals surface area contributed by atoms with Gasteiger partial charge in [0, 0.05) is 16.8 Å². The maximum atomic E-state index is 12.8. The average molecular weight is 400 g/mol. The van der Waals surface area contributed by atoms with Gasteiger partial charge in [0.15, 0.2) is 12.3 Å². The van der Waals surface area contributed by atoms with Gasteiger partial charge in [0.25, 0.3) is 5.89 Å². The van der Waals surface area contributed by atoms with Gasteiger partial charge in [-0.25, -0.2) is 9.48 Å². The van der Waals surface area contributed by atoms with E-state index in [1.54, 1.807) is 0 Å². The Balaban J connectivity index is 1.33. The topological polar surface area (TPSA) is 83.0 Å². The molecule has 0 amide bonds. The van der Waals surface area contributed by atoms with Crippen LogP contribution in [0.2, 0.25) is 0 Å². The fourth-order valence-corrected chi connectivity index (χ4v) is 3.71. The minimum atomic E-state index is -0.468. The van der Waals surface area contributed by atoms with E-state index in [0.717, 1.165) is 47.3 Å². The van der Waals surface area contributed by atoms with Gasteiger partial charge >= 0.3 is 5.97 Å². The van der Waals surface area contributed by atoms with Crippen molar-refractivity contribution in [3.8, 4) is 17.1 Å². The number of nitrogens with zero attached hydrogens (tertiary/aromatic N) is 4. The molecule has 0 atom stereocenters. The van der Waals surface area contributed by atoms with Gasteiger partial charge in [-0.3, -0.25) is 0 Å². The quantitative estimate of drug-likeness (QED) is 0.470. The van der Waals surface area contributed by atoms with Crippen molar-refractivity contribution < 1.29 is 14.1 Å². The summed E-state index contributed by atoms with van der Waals surface area (Å²) in [5.41, 5.74) is 5.33. The van der Waals surface area contributed by atoms with Crippen LogP contribution >= 0.6 is 0 Å². The molecule has 7 heteroatoms. The number of aryl methyl sites for hydroxylation is 1. The fraction of sp³-hybridized carbons (Fsp3) is 0.217. The number of carbonyl (C=O) groups excluding carboxylic acids is 1. The predicted molar refractivity (Wildman–Crippen MR) is 109 cm³/mol. The molecular weight excluding hydrogens is 380 g/mol. The van der Waals surface area contributed by atoms with Crippen LogP contribution in [-0.2, 0) is 24.2 Å². The second kappa shape index (κ2) is 7.59. The van der Waals surface area contributed by atoms with Crippen molar-refractivity contribution in [3.05, 3.63) is 82.9 Å². The normalized spacial score (nSPS) is 12.7. The van der Waals surface area contributed by atoms with Crippen LogP contribution < -0.4 is 0 Å². The summed E-state index contributed by atoms with van der Waals surface area (Å²) in [4.78, 5) is 17.1. The van der Waals surface area contributed by atoms with Gasteiger partial charge in [-0.15, -0.1) is 0 Å². The number of benzene rings is 2. The van der Waals surface area contributed by atoms with Crippen LogP contribution in [0.15, 0.2) is 59.1 Å². The Morgan fingerprint density at radius 3 is 2.70 bits per heavy atom. The molecule has 0 aliphatic heterocycles. The number of rotatable bonds is 5. The monoisotopic (exact) mass is 400 g/mol. The summed E-state index contributed by atoms with van der Waals surface area (Å²) in [6, 6.07) is 17.6. The van der Waals surface area contributed by atoms with E-state index in [1.165, 1.54) is 0 Å². The van der Waals surface area contributed by atoms with E-state index < -0.39 is 5.97 Å². The molecule has 0 saturated heterocycles. The molecular formula is C23H20N4O3. The first kappa shape index (κ1) is 18.3. The van der Waals surface area contributed by atoms with E-state index in [9.17, 15) is 4.79 Å². The summed E-state index contributed by atoms with van der Waals surface area (Å²) in [5, 5.41) is 8.47. The average Bonchev–Trinajstić information content (AvgIpc) is 3.50. The standard InChI is InChI=1S/C23H20N4O3/c1-15-10-12-16(13-11-15)22-24-20(26-30-22)14-29-23(28)21-18-8-5-9-19(18)27(25-21)17-6-3-2-4-7-17/h2-4,6-7,10-13H,5,8-9,14H2,1H3. The van der Waals surface area contributed by atoms with Crippen molar-refractivity contribution >= 4 is 5.97 Å². The summed E-state index contributed by atoms with van der Waals surface area (Å²) in [7, 11) is 0. The molecule has 1 aliphatic rings. The number of para-hydroxylation sites is 1. The van der Waals surface area contributed by atoms with Crippen LogP contribution in [0.1, 0.15) is 39.6 Å². The third-order valence-corrected chi connectivity index (χ3v) is 5.22. The zero-order valence-corrected chi connectivity index (χ0v) is 16.5. The van der Waals surface area contributed by atoms with Crippen molar-refractivity contribution in [2.75, 3.05) is 0 Å². The molecule has 150 valence electrons. The molecule has 0 radical (unpaired) electrons. The second-order valence-corrected chi connectivity index (χ2v) is 7.33. The molecule has 1 aliphatic carbocycles. The minimum absolute atomic E-state index is 0.0683. The van der Waals surface area contributed by atoms with Gasteiger partial charge in [-0.2, -0.15) is 10.1 Å². The third kappa shape index (κ3) is 3.39. The maximum absolute atomic E-state index is 12.8. The summed E-state index contributed by atoms with van der Waals surface area (Å²) in [6.45, 7) is 1.94. The van der Waals surface area contributed by atoms with Gasteiger partial charge < -0.3 is 9.26 Å². The van der Waals surface area contributed by atoms with Crippen molar-refractivity contribution in [1.82, 2.24) is 19.9 Å². The number of hydrogen-bond donors (Lipinski definition) is 0. The highest BCUT2D eigenvalue weighted by molar-refractivity contribution is 5.89. The van der Waals surface area contributed by atoms with Crippen LogP contribution in [0, 0.1) is 6.92 Å². The molecule has 0 saturated carbocycles. The van der Waals surface area contributed by atoms with Crippen molar-refractivity contribution in [2.45, 2.75) is 32.8 Å². The highest BCUT2D eigenvalue weighted by atomic mass is 16.5. The van der Waals surface area contributed by atoms with Gasteiger partial charge in [-0.05, 0) is 50.5 Å². The molecule has 30 heavy (non-hydrogen) atoms. The van der Waals surface area contributed by atoms with Gasteiger partial charge in [0.1, 0.15) is 0 Å². The second-order valence-electron chi connectivity index (χ2n) is 7.33. The summed E-state index contributed by atoms with van der Waals surface area (Å²) in [6.07, 6.45) is 2.73. The molecule has 0 unspecified atom stereocenters. The minimum Gasteiger partial charge on any atom is -0.453 e. The van der Waals surface area contributed by atoms with Gasteiger partial charge in [-0.1, -0.05) is 41.1 Å². The zero-order chi connectivity index (χ0) is 20.5. The number of hydrogen-bond acceptors (Lipinski definition) is 6. The Hall–Kier alpha value is -3.74. The first-order chi connectivity index (χ1) is 14.7. The molecule has 2 aromatic heterocycles. The number of aromatic nitrogens is 4.